The highest BCUT2D eigenvalue weighted by molar-refractivity contribution is 5.95. The lowest BCUT2D eigenvalue weighted by Gasteiger charge is -2.32. The molecule has 8 nitrogen and oxygen atoms in total. The Kier molecular flexibility index (Phi) is 4.68. The number of hydrogen-bond acceptors (Lipinski definition) is 5. The molecule has 4 rings (SSSR count). The summed E-state index contributed by atoms with van der Waals surface area (Å²) in [6.07, 6.45) is 1.71. The van der Waals surface area contributed by atoms with Crippen LogP contribution in [0.2, 0.25) is 0 Å². The van der Waals surface area contributed by atoms with Crippen molar-refractivity contribution in [2.45, 2.75) is 18.8 Å². The molecule has 0 unspecified atom stereocenters. The number of aromatic amines is 1. The van der Waals surface area contributed by atoms with Crippen LogP contribution in [0.5, 0.6) is 0 Å². The molecule has 0 aliphatic carbocycles. The molecule has 0 atom stereocenters. The van der Waals surface area contributed by atoms with Crippen molar-refractivity contribution in [3.8, 4) is 0 Å². The summed E-state index contributed by atoms with van der Waals surface area (Å²) in [5.74, 6) is 0.941. The third kappa shape index (κ3) is 3.28. The van der Waals surface area contributed by atoms with Gasteiger partial charge in [-0.2, -0.15) is 0 Å². The third-order valence-corrected chi connectivity index (χ3v) is 5.29. The van der Waals surface area contributed by atoms with Crippen molar-refractivity contribution < 1.29 is 9.72 Å². The number of piperidine rings is 1. The van der Waals surface area contributed by atoms with Crippen molar-refractivity contribution >= 4 is 28.3 Å². The fourth-order valence-electron chi connectivity index (χ4n) is 3.78. The molecule has 1 aliphatic heterocycles. The van der Waals surface area contributed by atoms with E-state index in [1.54, 1.807) is 12.1 Å². The zero-order valence-corrected chi connectivity index (χ0v) is 15.5. The second-order valence-electron chi connectivity index (χ2n) is 6.94. The SMILES string of the molecule is CNC(=O)c1ccc(N2CCC(c3nc4ccccc4[nH]3)CC2)c([N+](=O)[O-])c1. The monoisotopic (exact) mass is 379 g/mol. The smallest absolute Gasteiger partial charge is 0.293 e. The van der Waals surface area contributed by atoms with Crippen molar-refractivity contribution in [2.24, 2.45) is 0 Å². The van der Waals surface area contributed by atoms with E-state index in [9.17, 15) is 14.9 Å². The fourth-order valence-corrected chi connectivity index (χ4v) is 3.78. The molecule has 3 aromatic rings. The Bertz CT molecular complexity index is 1000. The second kappa shape index (κ2) is 7.30. The molecule has 2 aromatic carbocycles. The molecule has 0 saturated carbocycles. The number of H-pyrrole nitrogens is 1. The molecular formula is C20H21N5O3. The van der Waals surface area contributed by atoms with Gasteiger partial charge < -0.3 is 15.2 Å². The van der Waals surface area contributed by atoms with E-state index in [2.05, 4.69) is 10.3 Å². The van der Waals surface area contributed by atoms with Gasteiger partial charge in [0.1, 0.15) is 11.5 Å². The number of fused-ring (bicyclic) bond motifs is 1. The van der Waals surface area contributed by atoms with Gasteiger partial charge in [-0.1, -0.05) is 12.1 Å². The number of hydrogen-bond donors (Lipinski definition) is 2. The molecule has 0 bridgehead atoms. The summed E-state index contributed by atoms with van der Waals surface area (Å²) in [6, 6.07) is 12.6. The summed E-state index contributed by atoms with van der Waals surface area (Å²) in [6.45, 7) is 1.39. The van der Waals surface area contributed by atoms with Gasteiger partial charge in [-0.15, -0.1) is 0 Å². The molecule has 8 heteroatoms. The number of nitrogens with zero attached hydrogens (tertiary/aromatic N) is 3. The van der Waals surface area contributed by atoms with Crippen molar-refractivity contribution in [1.29, 1.82) is 0 Å². The van der Waals surface area contributed by atoms with Crippen molar-refractivity contribution in [1.82, 2.24) is 15.3 Å². The minimum absolute atomic E-state index is 0.0386. The Balaban J connectivity index is 1.53. The van der Waals surface area contributed by atoms with Gasteiger partial charge in [0.2, 0.25) is 0 Å². The average Bonchev–Trinajstić information content (AvgIpc) is 3.17. The maximum absolute atomic E-state index is 11.8. The molecule has 144 valence electrons. The molecule has 0 radical (unpaired) electrons. The van der Waals surface area contributed by atoms with E-state index in [0.717, 1.165) is 29.7 Å². The largest absolute Gasteiger partial charge is 0.366 e. The average molecular weight is 379 g/mol. The molecule has 1 fully saturated rings. The summed E-state index contributed by atoms with van der Waals surface area (Å²) in [5, 5.41) is 14.0. The molecule has 2 N–H and O–H groups in total. The lowest BCUT2D eigenvalue weighted by Crippen LogP contribution is -2.33. The Morgan fingerprint density at radius 3 is 2.68 bits per heavy atom. The summed E-state index contributed by atoms with van der Waals surface area (Å²) in [7, 11) is 1.50. The quantitative estimate of drug-likeness (QED) is 0.535. The number of nitro groups is 1. The Hall–Kier alpha value is -3.42. The molecule has 0 spiro atoms. The molecular weight excluding hydrogens is 358 g/mol. The van der Waals surface area contributed by atoms with E-state index >= 15 is 0 Å². The van der Waals surface area contributed by atoms with E-state index in [1.165, 1.54) is 13.1 Å². The van der Waals surface area contributed by atoms with Gasteiger partial charge in [0.25, 0.3) is 11.6 Å². The Labute approximate surface area is 161 Å². The predicted octanol–water partition coefficient (Wildman–Crippen LogP) is 3.21. The van der Waals surface area contributed by atoms with Crippen LogP contribution >= 0.6 is 0 Å². The van der Waals surface area contributed by atoms with E-state index in [0.29, 0.717) is 24.7 Å². The van der Waals surface area contributed by atoms with Crippen LogP contribution in [0.15, 0.2) is 42.5 Å². The van der Waals surface area contributed by atoms with Gasteiger partial charge in [-0.25, -0.2) is 4.98 Å². The normalized spacial score (nSPS) is 15.0. The molecule has 1 aliphatic rings. The van der Waals surface area contributed by atoms with E-state index in [1.807, 2.05) is 29.2 Å². The number of benzene rings is 2. The van der Waals surface area contributed by atoms with Crippen LogP contribution in [-0.4, -0.2) is 40.9 Å². The first kappa shape index (κ1) is 18.0. The maximum atomic E-state index is 11.8. The first-order chi connectivity index (χ1) is 13.6. The highest BCUT2D eigenvalue weighted by atomic mass is 16.6. The number of para-hydroxylation sites is 2. The topological polar surface area (TPSA) is 104 Å². The van der Waals surface area contributed by atoms with Crippen molar-refractivity contribution in [3.05, 3.63) is 64.0 Å². The first-order valence-electron chi connectivity index (χ1n) is 9.27. The summed E-state index contributed by atoms with van der Waals surface area (Å²) in [5.41, 5.74) is 2.79. The van der Waals surface area contributed by atoms with Gasteiger partial charge in [-0.3, -0.25) is 14.9 Å². The van der Waals surface area contributed by atoms with Crippen LogP contribution in [0.4, 0.5) is 11.4 Å². The molecule has 1 saturated heterocycles. The van der Waals surface area contributed by atoms with Crippen LogP contribution in [0.3, 0.4) is 0 Å². The second-order valence-corrected chi connectivity index (χ2v) is 6.94. The zero-order valence-electron chi connectivity index (χ0n) is 15.5. The van der Waals surface area contributed by atoms with E-state index < -0.39 is 4.92 Å². The summed E-state index contributed by atoms with van der Waals surface area (Å²) < 4.78 is 0. The Morgan fingerprint density at radius 1 is 1.25 bits per heavy atom. The first-order valence-corrected chi connectivity index (χ1v) is 9.27. The van der Waals surface area contributed by atoms with E-state index in [4.69, 9.17) is 4.98 Å². The number of nitrogens with one attached hydrogen (secondary N) is 2. The minimum Gasteiger partial charge on any atom is -0.366 e. The van der Waals surface area contributed by atoms with E-state index in [-0.39, 0.29) is 17.2 Å². The number of imidazole rings is 1. The van der Waals surface area contributed by atoms with Crippen LogP contribution in [0.25, 0.3) is 11.0 Å². The van der Waals surface area contributed by atoms with Gasteiger partial charge in [0.15, 0.2) is 0 Å². The Morgan fingerprint density at radius 2 is 2.00 bits per heavy atom. The molecule has 2 heterocycles. The number of rotatable bonds is 4. The maximum Gasteiger partial charge on any atom is 0.293 e. The number of aromatic nitrogens is 2. The number of anilines is 1. The lowest BCUT2D eigenvalue weighted by molar-refractivity contribution is -0.384. The predicted molar refractivity (Wildman–Crippen MR) is 107 cm³/mol. The van der Waals surface area contributed by atoms with Crippen LogP contribution in [0.1, 0.15) is 34.9 Å². The number of amides is 1. The lowest BCUT2D eigenvalue weighted by atomic mass is 9.95. The number of carbonyl (C=O) groups is 1. The van der Waals surface area contributed by atoms with Crippen LogP contribution in [-0.2, 0) is 0 Å². The summed E-state index contributed by atoms with van der Waals surface area (Å²) >= 11 is 0. The number of carbonyl (C=O) groups excluding carboxylic acids is 1. The summed E-state index contributed by atoms with van der Waals surface area (Å²) in [4.78, 5) is 33.0. The van der Waals surface area contributed by atoms with Gasteiger partial charge in [-0.05, 0) is 37.1 Å². The molecule has 1 aromatic heterocycles. The van der Waals surface area contributed by atoms with Crippen molar-refractivity contribution in [3.63, 3.8) is 0 Å². The van der Waals surface area contributed by atoms with Gasteiger partial charge in [0.05, 0.1) is 16.0 Å². The van der Waals surface area contributed by atoms with Crippen LogP contribution < -0.4 is 10.2 Å². The minimum atomic E-state index is -0.424. The highest BCUT2D eigenvalue weighted by Crippen LogP contribution is 2.35. The standard InChI is InChI=1S/C20H21N5O3/c1-21-20(26)14-6-7-17(18(12-14)25(27)28)24-10-8-13(9-11-24)19-22-15-4-2-3-5-16(15)23-19/h2-7,12-13H,8-11H2,1H3,(H,21,26)(H,22,23). The van der Waals surface area contributed by atoms with Gasteiger partial charge >= 0.3 is 0 Å². The van der Waals surface area contributed by atoms with Gasteiger partial charge in [0, 0.05) is 37.7 Å². The van der Waals surface area contributed by atoms with Crippen LogP contribution in [0, 0.1) is 10.1 Å². The van der Waals surface area contributed by atoms with Crippen molar-refractivity contribution in [2.75, 3.05) is 25.0 Å². The zero-order chi connectivity index (χ0) is 19.7. The fraction of sp³-hybridized carbons (Fsp3) is 0.300. The highest BCUT2D eigenvalue weighted by Gasteiger charge is 2.27. The number of nitro benzene ring substituents is 1. The molecule has 1 amide bonds. The molecule has 28 heavy (non-hydrogen) atoms. The third-order valence-electron chi connectivity index (χ3n) is 5.29.